The van der Waals surface area contributed by atoms with Crippen LogP contribution in [0.5, 0.6) is 0 Å². The van der Waals surface area contributed by atoms with E-state index in [0.29, 0.717) is 0 Å². The van der Waals surface area contributed by atoms with Gasteiger partial charge >= 0.3 is 12.1 Å². The normalized spacial score (nSPS) is 13.9. The third-order valence-corrected chi connectivity index (χ3v) is 6.82. The highest BCUT2D eigenvalue weighted by Crippen LogP contribution is 2.44. The Morgan fingerprint density at radius 2 is 1.62 bits per heavy atom. The lowest BCUT2D eigenvalue weighted by molar-refractivity contribution is -0.137. The number of alkyl carbamates (subject to hydrolysis) is 1. The fourth-order valence-electron chi connectivity index (χ4n) is 4.14. The van der Waals surface area contributed by atoms with Crippen LogP contribution >= 0.6 is 11.8 Å². The van der Waals surface area contributed by atoms with Crippen LogP contribution in [0.1, 0.15) is 50.2 Å². The van der Waals surface area contributed by atoms with Gasteiger partial charge in [0.05, 0.1) is 0 Å². The second kappa shape index (κ2) is 12.5. The van der Waals surface area contributed by atoms with Crippen LogP contribution in [-0.4, -0.2) is 53.3 Å². The second-order valence-electron chi connectivity index (χ2n) is 8.35. The molecule has 1 aliphatic rings. The van der Waals surface area contributed by atoms with Gasteiger partial charge in [-0.25, -0.2) is 4.79 Å². The Morgan fingerprint density at radius 3 is 2.21 bits per heavy atom. The van der Waals surface area contributed by atoms with E-state index in [4.69, 9.17) is 9.84 Å². The van der Waals surface area contributed by atoms with Gasteiger partial charge in [0, 0.05) is 18.4 Å². The lowest BCUT2D eigenvalue weighted by Crippen LogP contribution is -2.49. The maximum Gasteiger partial charge on any atom is 0.407 e. The minimum Gasteiger partial charge on any atom is -0.481 e. The van der Waals surface area contributed by atoms with Crippen LogP contribution in [0.3, 0.4) is 0 Å². The molecule has 0 bridgehead atoms. The molecule has 8 heteroatoms. The molecule has 2 aromatic carbocycles. The van der Waals surface area contributed by atoms with Crippen LogP contribution in [0, 0.1) is 0 Å². The minimum atomic E-state index is -1.03. The number of benzene rings is 2. The maximum absolute atomic E-state index is 12.7. The van der Waals surface area contributed by atoms with Crippen LogP contribution in [0.25, 0.3) is 11.1 Å². The number of carbonyl (C=O) groups is 3. The van der Waals surface area contributed by atoms with E-state index in [0.717, 1.165) is 40.2 Å². The van der Waals surface area contributed by atoms with Gasteiger partial charge in [-0.15, -0.1) is 0 Å². The fourth-order valence-corrected chi connectivity index (χ4v) is 4.95. The number of carboxylic acids is 1. The quantitative estimate of drug-likeness (QED) is 0.386. The largest absolute Gasteiger partial charge is 0.481 e. The summed E-state index contributed by atoms with van der Waals surface area (Å²) in [5, 5.41) is 14.5. The third kappa shape index (κ3) is 6.76. The third-order valence-electron chi connectivity index (χ3n) is 5.89. The van der Waals surface area contributed by atoms with Crippen LogP contribution in [0.4, 0.5) is 4.79 Å². The summed E-state index contributed by atoms with van der Waals surface area (Å²) in [6.45, 7) is 4.10. The van der Waals surface area contributed by atoms with Gasteiger partial charge in [0.25, 0.3) is 0 Å². The average Bonchev–Trinajstić information content (AvgIpc) is 3.14. The van der Waals surface area contributed by atoms with Crippen molar-refractivity contribution < 1.29 is 24.2 Å². The molecule has 2 amide bonds. The number of carbonyl (C=O) groups excluding carboxylic acids is 2. The molecule has 0 fully saturated rings. The molecular weight excluding hydrogens is 452 g/mol. The van der Waals surface area contributed by atoms with Gasteiger partial charge in [0.2, 0.25) is 5.91 Å². The Hall–Kier alpha value is -3.00. The lowest BCUT2D eigenvalue weighted by Gasteiger charge is -2.21. The summed E-state index contributed by atoms with van der Waals surface area (Å²) >= 11 is 1.79. The van der Waals surface area contributed by atoms with Gasteiger partial charge in [0.15, 0.2) is 0 Å². The molecule has 0 saturated heterocycles. The summed E-state index contributed by atoms with van der Waals surface area (Å²) < 4.78 is 5.53. The highest BCUT2D eigenvalue weighted by molar-refractivity contribution is 7.99. The molecule has 0 radical (unpaired) electrons. The highest BCUT2D eigenvalue weighted by atomic mass is 32.2. The van der Waals surface area contributed by atoms with Crippen molar-refractivity contribution >= 4 is 29.7 Å². The first-order valence-electron chi connectivity index (χ1n) is 11.6. The standard InChI is InChI=1S/C26H32N2O5S/c1-3-34-15-14-17(2)27-25(31)23(12-13-24(29)30)28-26(32)33-16-22-20-10-6-4-8-18(20)19-9-5-7-11-21(19)22/h4-11,17,22-23H,3,12-16H2,1-2H3,(H,27,31)(H,28,32)(H,29,30). The first-order valence-corrected chi connectivity index (χ1v) is 12.8. The molecule has 1 aliphatic carbocycles. The molecule has 3 rings (SSSR count). The number of hydrogen-bond donors (Lipinski definition) is 3. The highest BCUT2D eigenvalue weighted by Gasteiger charge is 2.30. The summed E-state index contributed by atoms with van der Waals surface area (Å²) in [5.74, 6) is 0.395. The topological polar surface area (TPSA) is 105 Å². The van der Waals surface area contributed by atoms with Crippen molar-refractivity contribution in [1.29, 1.82) is 0 Å². The number of fused-ring (bicyclic) bond motifs is 3. The minimum absolute atomic E-state index is 0.0121. The number of thioether (sulfide) groups is 1. The number of hydrogen-bond acceptors (Lipinski definition) is 5. The summed E-state index contributed by atoms with van der Waals surface area (Å²) in [7, 11) is 0. The summed E-state index contributed by atoms with van der Waals surface area (Å²) in [4.78, 5) is 36.4. The van der Waals surface area contributed by atoms with Crippen molar-refractivity contribution in [2.75, 3.05) is 18.1 Å². The van der Waals surface area contributed by atoms with E-state index in [1.54, 1.807) is 11.8 Å². The Morgan fingerprint density at radius 1 is 1.00 bits per heavy atom. The summed E-state index contributed by atoms with van der Waals surface area (Å²) in [6, 6.07) is 15.0. The molecule has 3 N–H and O–H groups in total. The summed E-state index contributed by atoms with van der Waals surface area (Å²) in [5.41, 5.74) is 4.44. The Bertz CT molecular complexity index is 967. The smallest absolute Gasteiger partial charge is 0.407 e. The number of carboxylic acid groups (broad SMARTS) is 1. The number of aliphatic carboxylic acids is 1. The molecule has 2 aromatic rings. The maximum atomic E-state index is 12.7. The molecule has 2 unspecified atom stereocenters. The lowest BCUT2D eigenvalue weighted by atomic mass is 9.98. The molecule has 0 saturated carbocycles. The van der Waals surface area contributed by atoms with Gasteiger partial charge in [-0.3, -0.25) is 9.59 Å². The van der Waals surface area contributed by atoms with Crippen molar-refractivity contribution in [3.63, 3.8) is 0 Å². The van der Waals surface area contributed by atoms with Crippen molar-refractivity contribution in [1.82, 2.24) is 10.6 Å². The van der Waals surface area contributed by atoms with Gasteiger partial charge in [-0.05, 0) is 53.5 Å². The van der Waals surface area contributed by atoms with Crippen molar-refractivity contribution in [3.05, 3.63) is 59.7 Å². The molecule has 7 nitrogen and oxygen atoms in total. The van der Waals surface area contributed by atoms with Gasteiger partial charge in [-0.1, -0.05) is 55.5 Å². The first kappa shape index (κ1) is 25.6. The predicted octanol–water partition coefficient (Wildman–Crippen LogP) is 4.41. The number of rotatable bonds is 12. The van der Waals surface area contributed by atoms with Crippen molar-refractivity contribution in [3.8, 4) is 11.1 Å². The van der Waals surface area contributed by atoms with Crippen LogP contribution in [0.15, 0.2) is 48.5 Å². The molecule has 0 heterocycles. The van der Waals surface area contributed by atoms with Crippen molar-refractivity contribution in [2.24, 2.45) is 0 Å². The molecule has 2 atom stereocenters. The predicted molar refractivity (Wildman–Crippen MR) is 134 cm³/mol. The zero-order valence-corrected chi connectivity index (χ0v) is 20.4. The Balaban J connectivity index is 1.61. The summed E-state index contributed by atoms with van der Waals surface area (Å²) in [6.07, 6.45) is -0.189. The van der Waals surface area contributed by atoms with Crippen molar-refractivity contribution in [2.45, 2.75) is 51.1 Å². The zero-order valence-electron chi connectivity index (χ0n) is 19.6. The van der Waals surface area contributed by atoms with E-state index in [-0.39, 0.29) is 31.4 Å². The van der Waals surface area contributed by atoms with Crippen LogP contribution < -0.4 is 10.6 Å². The SMILES string of the molecule is CCSCCC(C)NC(=O)C(CCC(=O)O)NC(=O)OCC1c2ccccc2-c2ccccc21. The average molecular weight is 485 g/mol. The molecule has 0 aromatic heterocycles. The molecule has 34 heavy (non-hydrogen) atoms. The van der Waals surface area contributed by atoms with E-state index < -0.39 is 24.0 Å². The Kier molecular flexibility index (Phi) is 9.39. The monoisotopic (exact) mass is 484 g/mol. The zero-order chi connectivity index (χ0) is 24.5. The second-order valence-corrected chi connectivity index (χ2v) is 9.74. The van der Waals surface area contributed by atoms with Crippen LogP contribution in [0.2, 0.25) is 0 Å². The Labute approximate surface area is 204 Å². The van der Waals surface area contributed by atoms with E-state index in [1.807, 2.05) is 43.3 Å². The number of amides is 2. The fraction of sp³-hybridized carbons (Fsp3) is 0.423. The molecule has 182 valence electrons. The van der Waals surface area contributed by atoms with E-state index in [9.17, 15) is 14.4 Å². The van der Waals surface area contributed by atoms with E-state index in [2.05, 4.69) is 29.7 Å². The van der Waals surface area contributed by atoms with E-state index >= 15 is 0 Å². The van der Waals surface area contributed by atoms with Gasteiger partial charge < -0.3 is 20.5 Å². The van der Waals surface area contributed by atoms with Gasteiger partial charge in [0.1, 0.15) is 12.6 Å². The molecule has 0 aliphatic heterocycles. The van der Waals surface area contributed by atoms with E-state index in [1.165, 1.54) is 0 Å². The number of nitrogens with one attached hydrogen (secondary N) is 2. The number of ether oxygens (including phenoxy) is 1. The molecular formula is C26H32N2O5S. The molecule has 0 spiro atoms. The van der Waals surface area contributed by atoms with Gasteiger partial charge in [-0.2, -0.15) is 11.8 Å². The first-order chi connectivity index (χ1) is 16.4. The van der Waals surface area contributed by atoms with Crippen LogP contribution in [-0.2, 0) is 14.3 Å².